The minimum Gasteiger partial charge on any atom is -0.465 e. The van der Waals surface area contributed by atoms with E-state index in [0.29, 0.717) is 12.1 Å². The average molecular weight is 417 g/mol. The van der Waals surface area contributed by atoms with Crippen molar-refractivity contribution in [2.24, 2.45) is 0 Å². The van der Waals surface area contributed by atoms with Crippen molar-refractivity contribution in [1.29, 1.82) is 0 Å². The molecule has 0 spiro atoms. The number of sulfonamides is 1. The highest BCUT2D eigenvalue weighted by Gasteiger charge is 2.27. The SMILES string of the molecule is COC(=O)c1c(F)ccc(S(=O)(=O)NCC[S@](=O)Cc2ccccc2)c1F. The number of rotatable bonds is 8. The smallest absolute Gasteiger partial charge is 0.343 e. The van der Waals surface area contributed by atoms with Crippen LogP contribution in [0.15, 0.2) is 47.4 Å². The summed E-state index contributed by atoms with van der Waals surface area (Å²) >= 11 is 0. The summed E-state index contributed by atoms with van der Waals surface area (Å²) in [5.74, 6) is -3.85. The van der Waals surface area contributed by atoms with E-state index in [9.17, 15) is 26.2 Å². The van der Waals surface area contributed by atoms with Crippen molar-refractivity contribution in [1.82, 2.24) is 4.72 Å². The molecule has 0 bridgehead atoms. The number of methoxy groups -OCH3 is 1. The summed E-state index contributed by atoms with van der Waals surface area (Å²) < 4.78 is 70.8. The zero-order valence-corrected chi connectivity index (χ0v) is 15.9. The highest BCUT2D eigenvalue weighted by Crippen LogP contribution is 2.21. The minimum absolute atomic E-state index is 0.000791. The van der Waals surface area contributed by atoms with Crippen LogP contribution in [-0.4, -0.2) is 38.0 Å². The molecule has 0 aliphatic rings. The van der Waals surface area contributed by atoms with E-state index >= 15 is 0 Å². The van der Waals surface area contributed by atoms with Crippen LogP contribution in [0.3, 0.4) is 0 Å². The van der Waals surface area contributed by atoms with Gasteiger partial charge in [0, 0.05) is 28.9 Å². The molecular weight excluding hydrogens is 400 g/mol. The van der Waals surface area contributed by atoms with Crippen molar-refractivity contribution < 1.29 is 30.9 Å². The number of carbonyl (C=O) groups excluding carboxylic acids is 1. The van der Waals surface area contributed by atoms with E-state index in [4.69, 9.17) is 0 Å². The fourth-order valence-corrected chi connectivity index (χ4v) is 4.51. The first kappa shape index (κ1) is 21.1. The van der Waals surface area contributed by atoms with Gasteiger partial charge in [-0.25, -0.2) is 26.7 Å². The summed E-state index contributed by atoms with van der Waals surface area (Å²) in [4.78, 5) is 10.6. The van der Waals surface area contributed by atoms with Gasteiger partial charge in [0.1, 0.15) is 16.3 Å². The predicted molar refractivity (Wildman–Crippen MR) is 96.0 cm³/mol. The third-order valence-corrected chi connectivity index (χ3v) is 6.32. The van der Waals surface area contributed by atoms with E-state index in [1.807, 2.05) is 6.07 Å². The highest BCUT2D eigenvalue weighted by molar-refractivity contribution is 7.89. The van der Waals surface area contributed by atoms with Gasteiger partial charge < -0.3 is 4.74 Å². The molecule has 0 unspecified atom stereocenters. The molecule has 0 aromatic heterocycles. The quantitative estimate of drug-likeness (QED) is 0.664. The van der Waals surface area contributed by atoms with Gasteiger partial charge >= 0.3 is 5.97 Å². The topological polar surface area (TPSA) is 89.5 Å². The van der Waals surface area contributed by atoms with E-state index < -0.39 is 48.9 Å². The summed E-state index contributed by atoms with van der Waals surface area (Å²) in [5, 5.41) is 0. The largest absolute Gasteiger partial charge is 0.465 e. The Morgan fingerprint density at radius 2 is 1.81 bits per heavy atom. The van der Waals surface area contributed by atoms with Gasteiger partial charge in [-0.15, -0.1) is 0 Å². The molecule has 2 aromatic rings. The van der Waals surface area contributed by atoms with Crippen LogP contribution in [0.2, 0.25) is 0 Å². The second-order valence-electron chi connectivity index (χ2n) is 5.40. The molecule has 0 radical (unpaired) electrons. The van der Waals surface area contributed by atoms with Crippen LogP contribution in [-0.2, 0) is 31.3 Å². The Bertz CT molecular complexity index is 949. The number of hydrogen-bond acceptors (Lipinski definition) is 5. The van der Waals surface area contributed by atoms with E-state index in [-0.39, 0.29) is 18.1 Å². The first-order chi connectivity index (χ1) is 12.8. The average Bonchev–Trinajstić information content (AvgIpc) is 2.61. The van der Waals surface area contributed by atoms with Crippen LogP contribution in [0.1, 0.15) is 15.9 Å². The van der Waals surface area contributed by atoms with Gasteiger partial charge in [0.2, 0.25) is 10.0 Å². The Balaban J connectivity index is 2.06. The molecule has 0 heterocycles. The Labute approximate surface area is 158 Å². The molecule has 2 rings (SSSR count). The van der Waals surface area contributed by atoms with Gasteiger partial charge in [0.05, 0.1) is 7.11 Å². The molecule has 0 aliphatic heterocycles. The number of esters is 1. The van der Waals surface area contributed by atoms with Crippen LogP contribution in [0.25, 0.3) is 0 Å². The molecule has 6 nitrogen and oxygen atoms in total. The summed E-state index contributed by atoms with van der Waals surface area (Å²) in [5.41, 5.74) is -0.251. The van der Waals surface area contributed by atoms with Gasteiger partial charge in [-0.1, -0.05) is 30.3 Å². The fourth-order valence-electron chi connectivity index (χ4n) is 2.23. The van der Waals surface area contributed by atoms with E-state index in [1.165, 1.54) is 0 Å². The van der Waals surface area contributed by atoms with Crippen LogP contribution in [0.4, 0.5) is 8.78 Å². The zero-order chi connectivity index (χ0) is 20.0. The number of benzene rings is 2. The van der Waals surface area contributed by atoms with Crippen molar-refractivity contribution in [3.8, 4) is 0 Å². The number of hydrogen-bond donors (Lipinski definition) is 1. The Hall–Kier alpha value is -2.17. The van der Waals surface area contributed by atoms with Gasteiger partial charge in [-0.05, 0) is 17.7 Å². The summed E-state index contributed by atoms with van der Waals surface area (Å²) in [6, 6.07) is 10.4. The maximum absolute atomic E-state index is 14.3. The van der Waals surface area contributed by atoms with Crippen molar-refractivity contribution >= 4 is 26.8 Å². The van der Waals surface area contributed by atoms with Gasteiger partial charge in [0.15, 0.2) is 5.82 Å². The Morgan fingerprint density at radius 3 is 2.44 bits per heavy atom. The van der Waals surface area contributed by atoms with Gasteiger partial charge in [0.25, 0.3) is 0 Å². The predicted octanol–water partition coefficient (Wildman–Crippen LogP) is 1.98. The maximum Gasteiger partial charge on any atom is 0.343 e. The Kier molecular flexibility index (Phi) is 7.17. The van der Waals surface area contributed by atoms with Crippen molar-refractivity contribution in [3.05, 3.63) is 65.2 Å². The molecule has 0 aliphatic carbocycles. The molecule has 146 valence electrons. The summed E-state index contributed by atoms with van der Waals surface area (Å²) in [6.07, 6.45) is 0. The first-order valence-electron chi connectivity index (χ1n) is 7.71. The number of halogens is 2. The number of nitrogens with one attached hydrogen (secondary N) is 1. The standard InChI is InChI=1S/C17H17F2NO5S2/c1-25-17(21)15-13(18)7-8-14(16(15)19)27(23,24)20-9-10-26(22)11-12-5-3-2-4-6-12/h2-8,20H,9-11H2,1H3/t26-/m0/s1. The van der Waals surface area contributed by atoms with Gasteiger partial charge in [-0.2, -0.15) is 0 Å². The lowest BCUT2D eigenvalue weighted by Crippen LogP contribution is -2.29. The van der Waals surface area contributed by atoms with Crippen LogP contribution in [0, 0.1) is 11.6 Å². The molecule has 0 amide bonds. The number of carbonyl (C=O) groups is 1. The monoisotopic (exact) mass is 417 g/mol. The number of ether oxygens (including phenoxy) is 1. The third kappa shape index (κ3) is 5.41. The fraction of sp³-hybridized carbons (Fsp3) is 0.235. The molecule has 10 heteroatoms. The lowest BCUT2D eigenvalue weighted by Gasteiger charge is -2.10. The van der Waals surface area contributed by atoms with E-state index in [0.717, 1.165) is 12.7 Å². The van der Waals surface area contributed by atoms with Gasteiger partial charge in [-0.3, -0.25) is 4.21 Å². The normalized spacial score (nSPS) is 12.6. The molecule has 0 saturated carbocycles. The van der Waals surface area contributed by atoms with Crippen LogP contribution in [0.5, 0.6) is 0 Å². The van der Waals surface area contributed by atoms with E-state index in [1.54, 1.807) is 24.3 Å². The molecular formula is C17H17F2NO5S2. The lowest BCUT2D eigenvalue weighted by molar-refractivity contribution is 0.0589. The van der Waals surface area contributed by atoms with E-state index in [2.05, 4.69) is 9.46 Å². The molecule has 2 aromatic carbocycles. The van der Waals surface area contributed by atoms with Crippen molar-refractivity contribution in [2.45, 2.75) is 10.6 Å². The third-order valence-electron chi connectivity index (χ3n) is 3.53. The van der Waals surface area contributed by atoms with Crippen LogP contribution >= 0.6 is 0 Å². The lowest BCUT2D eigenvalue weighted by atomic mass is 10.2. The molecule has 0 fully saturated rings. The summed E-state index contributed by atoms with van der Waals surface area (Å²) in [6.45, 7) is -0.216. The molecule has 27 heavy (non-hydrogen) atoms. The Morgan fingerprint density at radius 1 is 1.15 bits per heavy atom. The second kappa shape index (κ2) is 9.16. The highest BCUT2D eigenvalue weighted by atomic mass is 32.2. The molecule has 1 N–H and O–H groups in total. The maximum atomic E-state index is 14.3. The molecule has 0 saturated heterocycles. The second-order valence-corrected chi connectivity index (χ2v) is 8.71. The first-order valence-corrected chi connectivity index (χ1v) is 10.7. The van der Waals surface area contributed by atoms with Crippen molar-refractivity contribution in [2.75, 3.05) is 19.4 Å². The zero-order valence-electron chi connectivity index (χ0n) is 14.3. The van der Waals surface area contributed by atoms with Crippen LogP contribution < -0.4 is 4.72 Å². The minimum atomic E-state index is -4.37. The molecule has 1 atom stereocenters. The van der Waals surface area contributed by atoms with Crippen molar-refractivity contribution in [3.63, 3.8) is 0 Å². The summed E-state index contributed by atoms with van der Waals surface area (Å²) in [7, 11) is -4.79.